The smallest absolute Gasteiger partial charge is 1.00 e. The van der Waals surface area contributed by atoms with Crippen LogP contribution in [0.4, 0.5) is 0 Å². The Morgan fingerprint density at radius 2 is 1.24 bits per heavy atom. The first-order valence-electron chi connectivity index (χ1n) is 10.6. The van der Waals surface area contributed by atoms with Gasteiger partial charge in [-0.1, -0.05) is 106 Å². The summed E-state index contributed by atoms with van der Waals surface area (Å²) < 4.78 is 0. The van der Waals surface area contributed by atoms with Crippen LogP contribution in [0, 0.1) is 12.1 Å². The molecule has 0 bridgehead atoms. The molecule has 0 atom stereocenters. The maximum absolute atomic E-state index is 3.30. The van der Waals surface area contributed by atoms with Crippen LogP contribution in [0.25, 0.3) is 11.1 Å². The maximum Gasteiger partial charge on any atom is 4.00 e. The Hall–Kier alpha value is -2.85. The first-order chi connectivity index (χ1) is 15.4. The summed E-state index contributed by atoms with van der Waals surface area (Å²) in [5.74, 6) is 0. The van der Waals surface area contributed by atoms with Crippen LogP contribution in [-0.4, -0.2) is 9.52 Å². The molecule has 4 aromatic rings. The van der Waals surface area contributed by atoms with Crippen LogP contribution in [0.1, 0.15) is 17.5 Å². The van der Waals surface area contributed by atoms with Gasteiger partial charge < -0.3 is 9.41 Å². The van der Waals surface area contributed by atoms with Crippen LogP contribution in [0.5, 0.6) is 0 Å². The van der Waals surface area contributed by atoms with Crippen LogP contribution in [-0.2, 0) is 28.1 Å². The van der Waals surface area contributed by atoms with Crippen molar-refractivity contribution in [2.75, 3.05) is 0 Å². The zero-order valence-corrected chi connectivity index (χ0v) is 21.5. The van der Waals surface area contributed by atoms with Crippen molar-refractivity contribution in [2.45, 2.75) is 12.8 Å². The molecule has 4 heteroatoms. The minimum Gasteiger partial charge on any atom is -1.00 e. The Kier molecular flexibility index (Phi) is 13.6. The first-order valence-corrected chi connectivity index (χ1v) is 11.8. The molecule has 0 nitrogen and oxygen atoms in total. The van der Waals surface area contributed by atoms with Gasteiger partial charge in [0.1, 0.15) is 9.52 Å². The van der Waals surface area contributed by atoms with E-state index in [2.05, 4.69) is 115 Å². The number of hydrogen-bond acceptors (Lipinski definition) is 0. The summed E-state index contributed by atoms with van der Waals surface area (Å²) in [6, 6.07) is 39.4. The fraction of sp³-hybridized carbons (Fsp3) is 0.0667. The van der Waals surface area contributed by atoms with E-state index in [1.165, 1.54) is 32.6 Å². The molecule has 1 radical (unpaired) electrons. The Morgan fingerprint density at radius 1 is 0.647 bits per heavy atom. The number of halogens is 2. The molecule has 34 heavy (non-hydrogen) atoms. The molecule has 0 saturated carbocycles. The van der Waals surface area contributed by atoms with Crippen LogP contribution >= 0.6 is 0 Å². The van der Waals surface area contributed by atoms with Crippen molar-refractivity contribution in [3.63, 3.8) is 0 Å². The molecule has 0 unspecified atom stereocenters. The molecule has 4 aromatic carbocycles. The zero-order chi connectivity index (χ0) is 21.1. The minimum absolute atomic E-state index is 0. The van der Waals surface area contributed by atoms with E-state index in [-0.39, 0.29) is 40.6 Å². The van der Waals surface area contributed by atoms with E-state index in [9.17, 15) is 0 Å². The van der Waals surface area contributed by atoms with Gasteiger partial charge in [-0.3, -0.25) is 6.08 Å². The van der Waals surface area contributed by atoms with Gasteiger partial charge in [0.15, 0.2) is 0 Å². The molecule has 2 aliphatic carbocycles. The second-order valence-corrected chi connectivity index (χ2v) is 8.99. The standard InChI is InChI=1S/C13H9.C12H11Si.C5H5.2FH.Ti/c1-3-7-12-10(5-1)9-11-6-2-4-8-13(11)12;1-3-7-11(8-4-1)13-12-9-5-2-6-10-12;1-2-4-5-3-1;;;/h1-5,7-8H,9H2;1-10,13H;1-3H,4H2;2*1H;/q-1;;-1;;;+4/p-2. The summed E-state index contributed by atoms with van der Waals surface area (Å²) >= 11 is 0. The average molecular weight is 499 g/mol. The summed E-state index contributed by atoms with van der Waals surface area (Å²) in [6.45, 7) is 0. The van der Waals surface area contributed by atoms with Gasteiger partial charge in [-0.25, -0.2) is 12.2 Å². The van der Waals surface area contributed by atoms with Gasteiger partial charge in [-0.05, 0) is 6.42 Å². The van der Waals surface area contributed by atoms with Gasteiger partial charge in [-0.15, -0.1) is 12.0 Å². The third kappa shape index (κ3) is 8.49. The fourth-order valence-corrected chi connectivity index (χ4v) is 4.84. The molecule has 0 saturated heterocycles. The van der Waals surface area contributed by atoms with Crippen molar-refractivity contribution in [2.24, 2.45) is 0 Å². The maximum atomic E-state index is 3.30. The van der Waals surface area contributed by atoms with E-state index in [0.29, 0.717) is 0 Å². The third-order valence-electron chi connectivity index (χ3n) is 5.13. The summed E-state index contributed by atoms with van der Waals surface area (Å²) in [7, 11) is 0.271. The fourth-order valence-electron chi connectivity index (χ4n) is 3.63. The molecule has 167 valence electrons. The Balaban J connectivity index is 0.000000264. The van der Waals surface area contributed by atoms with Crippen LogP contribution in [0.15, 0.2) is 121 Å². The Labute approximate surface area is 218 Å². The first kappa shape index (κ1) is 29.2. The van der Waals surface area contributed by atoms with E-state index in [0.717, 1.165) is 12.8 Å². The van der Waals surface area contributed by atoms with E-state index < -0.39 is 0 Å². The number of rotatable bonds is 2. The molecule has 0 fully saturated rings. The number of fused-ring (bicyclic) bond motifs is 3. The summed E-state index contributed by atoms with van der Waals surface area (Å²) in [5, 5.41) is 2.90. The third-order valence-corrected chi connectivity index (χ3v) is 6.57. The normalized spacial score (nSPS) is 11.1. The van der Waals surface area contributed by atoms with Gasteiger partial charge in [0.05, 0.1) is 0 Å². The van der Waals surface area contributed by atoms with E-state index in [4.69, 9.17) is 0 Å². The number of allylic oxidation sites excluding steroid dienone is 4. The second-order valence-electron chi connectivity index (χ2n) is 7.37. The van der Waals surface area contributed by atoms with Gasteiger partial charge in [0.2, 0.25) is 0 Å². The molecule has 0 amide bonds. The van der Waals surface area contributed by atoms with Gasteiger partial charge in [-0.2, -0.15) is 35.9 Å². The predicted molar refractivity (Wildman–Crippen MR) is 134 cm³/mol. The van der Waals surface area contributed by atoms with Crippen LogP contribution in [0.2, 0.25) is 0 Å². The van der Waals surface area contributed by atoms with Gasteiger partial charge in [0, 0.05) is 0 Å². The van der Waals surface area contributed by atoms with Crippen molar-refractivity contribution < 1.29 is 31.1 Å². The SMILES string of the molecule is [C-]1=CC=CC1.[F-].[F-].[Ti+4].[c-]1cccc2c1Cc1ccccc1-2.c1ccc([SiH]c2ccccc2)cc1. The minimum atomic E-state index is 0. The van der Waals surface area contributed by atoms with Gasteiger partial charge in [0.25, 0.3) is 0 Å². The summed E-state index contributed by atoms with van der Waals surface area (Å²) in [4.78, 5) is 0. The quantitative estimate of drug-likeness (QED) is 0.226. The molecule has 2 aliphatic rings. The molecule has 6 rings (SSSR count). The molecule has 0 heterocycles. The Bertz CT molecular complexity index is 1070. The van der Waals surface area contributed by atoms with E-state index >= 15 is 0 Å². The molecule has 0 aliphatic heterocycles. The van der Waals surface area contributed by atoms with E-state index in [1.807, 2.05) is 18.2 Å². The number of benzene rings is 4. The van der Waals surface area contributed by atoms with Crippen LogP contribution < -0.4 is 19.8 Å². The largest absolute Gasteiger partial charge is 4.00 e. The van der Waals surface area contributed by atoms with Gasteiger partial charge >= 0.3 is 21.7 Å². The average Bonchev–Trinajstić information content (AvgIpc) is 3.53. The number of hydrogen-bond donors (Lipinski definition) is 0. The van der Waals surface area contributed by atoms with Crippen molar-refractivity contribution in [1.29, 1.82) is 0 Å². The van der Waals surface area contributed by atoms with Crippen molar-refractivity contribution in [3.05, 3.63) is 145 Å². The molecular formula is C30H25F2SiTi. The van der Waals surface area contributed by atoms with Crippen molar-refractivity contribution in [3.8, 4) is 11.1 Å². The zero-order valence-electron chi connectivity index (χ0n) is 18.8. The molecule has 0 N–H and O–H groups in total. The summed E-state index contributed by atoms with van der Waals surface area (Å²) in [6.07, 6.45) is 11.0. The second kappa shape index (κ2) is 15.9. The molecular weight excluding hydrogens is 474 g/mol. The summed E-state index contributed by atoms with van der Waals surface area (Å²) in [5.41, 5.74) is 5.51. The van der Waals surface area contributed by atoms with Crippen molar-refractivity contribution in [1.82, 2.24) is 0 Å². The van der Waals surface area contributed by atoms with Crippen molar-refractivity contribution >= 4 is 19.9 Å². The van der Waals surface area contributed by atoms with Crippen LogP contribution in [0.3, 0.4) is 0 Å². The topological polar surface area (TPSA) is 0 Å². The monoisotopic (exact) mass is 499 g/mol. The molecule has 0 spiro atoms. The Morgan fingerprint density at radius 3 is 1.79 bits per heavy atom. The van der Waals surface area contributed by atoms with E-state index in [1.54, 1.807) is 0 Å². The molecule has 0 aromatic heterocycles. The predicted octanol–water partition coefficient (Wildman–Crippen LogP) is -0.557.